The van der Waals surface area contributed by atoms with E-state index in [2.05, 4.69) is 5.32 Å². The Labute approximate surface area is 161 Å². The summed E-state index contributed by atoms with van der Waals surface area (Å²) in [7, 11) is 0. The molecule has 0 bridgehead atoms. The summed E-state index contributed by atoms with van der Waals surface area (Å²) < 4.78 is 0. The van der Waals surface area contributed by atoms with Crippen LogP contribution in [0.5, 0.6) is 0 Å². The fourth-order valence-electron chi connectivity index (χ4n) is 3.07. The van der Waals surface area contributed by atoms with Gasteiger partial charge in [-0.3, -0.25) is 19.7 Å². The Kier molecular flexibility index (Phi) is 5.14. The summed E-state index contributed by atoms with van der Waals surface area (Å²) in [6, 6.07) is 9.83. The van der Waals surface area contributed by atoms with Crippen LogP contribution in [0.2, 0.25) is 5.02 Å². The van der Waals surface area contributed by atoms with Crippen LogP contribution in [0.25, 0.3) is 0 Å². The molecule has 1 N–H and O–H groups in total. The van der Waals surface area contributed by atoms with E-state index in [-0.39, 0.29) is 30.5 Å². The summed E-state index contributed by atoms with van der Waals surface area (Å²) >= 11 is 6.13. The van der Waals surface area contributed by atoms with Crippen LogP contribution in [0.1, 0.15) is 17.5 Å². The van der Waals surface area contributed by atoms with Crippen molar-refractivity contribution in [1.29, 1.82) is 0 Å². The second kappa shape index (κ2) is 7.36. The topological polar surface area (TPSA) is 92.6 Å². The number of nitro benzene ring substituents is 1. The van der Waals surface area contributed by atoms with Gasteiger partial charge in [0, 0.05) is 29.7 Å². The van der Waals surface area contributed by atoms with E-state index in [9.17, 15) is 19.7 Å². The van der Waals surface area contributed by atoms with Crippen LogP contribution in [-0.2, 0) is 9.59 Å². The number of amides is 2. The predicted molar refractivity (Wildman–Crippen MR) is 103 cm³/mol. The van der Waals surface area contributed by atoms with Gasteiger partial charge in [0.05, 0.1) is 22.1 Å². The molecule has 0 saturated carbocycles. The van der Waals surface area contributed by atoms with E-state index in [1.54, 1.807) is 25.1 Å². The number of nitro groups is 1. The summed E-state index contributed by atoms with van der Waals surface area (Å²) in [5.41, 5.74) is 2.24. The van der Waals surface area contributed by atoms with Crippen LogP contribution in [-0.4, -0.2) is 23.3 Å². The molecule has 0 unspecified atom stereocenters. The Morgan fingerprint density at radius 2 is 2.04 bits per heavy atom. The highest BCUT2D eigenvalue weighted by molar-refractivity contribution is 6.31. The van der Waals surface area contributed by atoms with Crippen LogP contribution in [0.4, 0.5) is 17.1 Å². The number of hydrogen-bond acceptors (Lipinski definition) is 4. The fraction of sp³-hybridized carbons (Fsp3) is 0.263. The first-order valence-electron chi connectivity index (χ1n) is 8.39. The molecule has 1 aliphatic rings. The monoisotopic (exact) mass is 387 g/mol. The number of hydrogen-bond donors (Lipinski definition) is 1. The first-order valence-corrected chi connectivity index (χ1v) is 8.77. The number of anilines is 2. The van der Waals surface area contributed by atoms with Gasteiger partial charge in [-0.25, -0.2) is 0 Å². The first kappa shape index (κ1) is 18.8. The summed E-state index contributed by atoms with van der Waals surface area (Å²) in [6.45, 7) is 3.68. The second-order valence-corrected chi connectivity index (χ2v) is 6.94. The van der Waals surface area contributed by atoms with Crippen LogP contribution in [0, 0.1) is 29.9 Å². The number of halogens is 1. The summed E-state index contributed by atoms with van der Waals surface area (Å²) in [6.07, 6.45) is 0.0747. The molecule has 0 aliphatic carbocycles. The lowest BCUT2D eigenvalue weighted by Crippen LogP contribution is -2.28. The van der Waals surface area contributed by atoms with Crippen molar-refractivity contribution in [1.82, 2.24) is 0 Å². The highest BCUT2D eigenvalue weighted by Gasteiger charge is 2.35. The van der Waals surface area contributed by atoms with Gasteiger partial charge in [0.2, 0.25) is 11.8 Å². The minimum absolute atomic E-state index is 0.0637. The van der Waals surface area contributed by atoms with Crippen molar-refractivity contribution in [3.63, 3.8) is 0 Å². The van der Waals surface area contributed by atoms with Gasteiger partial charge in [0.1, 0.15) is 0 Å². The molecule has 1 aliphatic heterocycles. The Balaban J connectivity index is 1.75. The van der Waals surface area contributed by atoms with Crippen LogP contribution in [0.15, 0.2) is 36.4 Å². The molecule has 7 nitrogen and oxygen atoms in total. The Bertz CT molecular complexity index is 945. The van der Waals surface area contributed by atoms with Gasteiger partial charge >= 0.3 is 0 Å². The lowest BCUT2D eigenvalue weighted by atomic mass is 10.1. The number of carbonyl (C=O) groups excluding carboxylic acids is 2. The summed E-state index contributed by atoms with van der Waals surface area (Å²) in [5.74, 6) is -1.05. The van der Waals surface area contributed by atoms with E-state index in [4.69, 9.17) is 11.6 Å². The number of rotatable bonds is 4. The smallest absolute Gasteiger partial charge is 0.274 e. The third kappa shape index (κ3) is 3.78. The van der Waals surface area contributed by atoms with Crippen molar-refractivity contribution in [3.05, 3.63) is 62.7 Å². The van der Waals surface area contributed by atoms with Crippen LogP contribution >= 0.6 is 11.6 Å². The number of carbonyl (C=O) groups is 2. The Hall–Kier alpha value is -2.93. The molecule has 1 saturated heterocycles. The third-order valence-corrected chi connectivity index (χ3v) is 5.13. The van der Waals surface area contributed by atoms with Gasteiger partial charge < -0.3 is 10.2 Å². The molecule has 2 amide bonds. The largest absolute Gasteiger partial charge is 0.325 e. The molecule has 1 atom stereocenters. The quantitative estimate of drug-likeness (QED) is 0.636. The molecule has 0 spiro atoms. The number of nitrogens with one attached hydrogen (secondary N) is 1. The highest BCUT2D eigenvalue weighted by Crippen LogP contribution is 2.30. The molecule has 1 fully saturated rings. The van der Waals surface area contributed by atoms with Crippen molar-refractivity contribution in [2.45, 2.75) is 20.3 Å². The zero-order valence-electron chi connectivity index (χ0n) is 14.9. The predicted octanol–water partition coefficient (Wildman–Crippen LogP) is 3.86. The van der Waals surface area contributed by atoms with Crippen molar-refractivity contribution in [2.24, 2.45) is 5.92 Å². The molecule has 1 heterocycles. The van der Waals surface area contributed by atoms with Gasteiger partial charge in [-0.15, -0.1) is 0 Å². The second-order valence-electron chi connectivity index (χ2n) is 6.53. The van der Waals surface area contributed by atoms with Crippen molar-refractivity contribution in [3.8, 4) is 0 Å². The van der Waals surface area contributed by atoms with E-state index in [0.29, 0.717) is 22.0 Å². The number of nitrogens with zero attached hydrogens (tertiary/aromatic N) is 2. The molecule has 140 valence electrons. The zero-order valence-corrected chi connectivity index (χ0v) is 15.6. The van der Waals surface area contributed by atoms with Gasteiger partial charge in [0.25, 0.3) is 5.69 Å². The lowest BCUT2D eigenvalue weighted by Gasteiger charge is -2.18. The number of aryl methyl sites for hydroxylation is 1. The lowest BCUT2D eigenvalue weighted by molar-refractivity contribution is -0.385. The first-order chi connectivity index (χ1) is 12.8. The SMILES string of the molecule is Cc1ccc(N2C[C@H](C(=O)Nc3cccc([N+](=O)[O-])c3C)CC2=O)cc1Cl. The van der Waals surface area contributed by atoms with Gasteiger partial charge in [-0.2, -0.15) is 0 Å². The zero-order chi connectivity index (χ0) is 19.7. The van der Waals surface area contributed by atoms with E-state index >= 15 is 0 Å². The minimum atomic E-state index is -0.545. The molecule has 3 rings (SSSR count). The summed E-state index contributed by atoms with van der Waals surface area (Å²) in [5, 5.41) is 14.3. The molecule has 2 aromatic carbocycles. The molecule has 2 aromatic rings. The normalized spacial score (nSPS) is 16.5. The minimum Gasteiger partial charge on any atom is -0.325 e. The Morgan fingerprint density at radius 1 is 1.30 bits per heavy atom. The average molecular weight is 388 g/mol. The molecule has 0 radical (unpaired) electrons. The standard InChI is InChI=1S/C19H18ClN3O4/c1-11-6-7-14(9-15(11)20)22-10-13(8-18(22)24)19(25)21-16-4-3-5-17(12(16)2)23(26)27/h3-7,9,13H,8,10H2,1-2H3,(H,21,25)/t13-/m1/s1. The average Bonchev–Trinajstić information content (AvgIpc) is 3.01. The maximum Gasteiger partial charge on any atom is 0.274 e. The van der Waals surface area contributed by atoms with Crippen LogP contribution < -0.4 is 10.2 Å². The highest BCUT2D eigenvalue weighted by atomic mass is 35.5. The maximum absolute atomic E-state index is 12.6. The van der Waals surface area contributed by atoms with Gasteiger partial charge in [0.15, 0.2) is 0 Å². The van der Waals surface area contributed by atoms with Crippen LogP contribution in [0.3, 0.4) is 0 Å². The number of benzene rings is 2. The Morgan fingerprint density at radius 3 is 2.70 bits per heavy atom. The van der Waals surface area contributed by atoms with Crippen molar-refractivity contribution < 1.29 is 14.5 Å². The molecule has 27 heavy (non-hydrogen) atoms. The van der Waals surface area contributed by atoms with Gasteiger partial charge in [-0.1, -0.05) is 23.7 Å². The molecular formula is C19H18ClN3O4. The van der Waals surface area contributed by atoms with E-state index in [1.165, 1.54) is 17.0 Å². The van der Waals surface area contributed by atoms with E-state index in [1.807, 2.05) is 13.0 Å². The fourth-order valence-corrected chi connectivity index (χ4v) is 3.25. The van der Waals surface area contributed by atoms with Crippen molar-refractivity contribution in [2.75, 3.05) is 16.8 Å². The van der Waals surface area contributed by atoms with Crippen molar-refractivity contribution >= 4 is 40.5 Å². The molecule has 0 aromatic heterocycles. The molecular weight excluding hydrogens is 370 g/mol. The molecule has 8 heteroatoms. The van der Waals surface area contributed by atoms with E-state index in [0.717, 1.165) is 5.56 Å². The van der Waals surface area contributed by atoms with E-state index < -0.39 is 10.8 Å². The van der Waals surface area contributed by atoms with Gasteiger partial charge in [-0.05, 0) is 37.6 Å². The third-order valence-electron chi connectivity index (χ3n) is 4.72. The maximum atomic E-state index is 12.6. The summed E-state index contributed by atoms with van der Waals surface area (Å²) in [4.78, 5) is 37.1.